The second kappa shape index (κ2) is 8.06. The Morgan fingerprint density at radius 2 is 1.88 bits per heavy atom. The number of carbonyl (C=O) groups excluding carboxylic acids is 1. The standard InChI is InChI=1S/C25H25ClN4O2S/c26-18-4-3-17(23-30-22-20(32-23)2-1-5-27-22)9-19(18)28-24(33)29-21(31)13-25-10-14-6-15(11-25)8-16(7-14)12-25/h1-5,9,14-16H,6-8,10-13H2,(H2,28,29,31,33). The van der Waals surface area contributed by atoms with Gasteiger partial charge in [-0.3, -0.25) is 4.79 Å². The molecule has 3 aromatic rings. The number of carbonyl (C=O) groups is 1. The molecule has 4 saturated carbocycles. The number of amides is 1. The summed E-state index contributed by atoms with van der Waals surface area (Å²) in [6, 6.07) is 9.01. The first-order valence-electron chi connectivity index (χ1n) is 11.6. The van der Waals surface area contributed by atoms with Gasteiger partial charge in [0.2, 0.25) is 11.8 Å². The fraction of sp³-hybridized carbons (Fsp3) is 0.440. The zero-order chi connectivity index (χ0) is 22.6. The van der Waals surface area contributed by atoms with Gasteiger partial charge in [0.1, 0.15) is 0 Å². The highest BCUT2D eigenvalue weighted by atomic mass is 35.5. The molecule has 7 rings (SSSR count). The molecule has 4 fully saturated rings. The van der Waals surface area contributed by atoms with E-state index in [0.717, 1.165) is 23.3 Å². The van der Waals surface area contributed by atoms with Crippen LogP contribution in [0.5, 0.6) is 0 Å². The van der Waals surface area contributed by atoms with Crippen molar-refractivity contribution in [3.8, 4) is 11.5 Å². The predicted octanol–water partition coefficient (Wildman–Crippen LogP) is 5.96. The van der Waals surface area contributed by atoms with Crippen molar-refractivity contribution in [3.05, 3.63) is 41.6 Å². The van der Waals surface area contributed by atoms with E-state index in [2.05, 4.69) is 20.6 Å². The van der Waals surface area contributed by atoms with E-state index in [4.69, 9.17) is 28.2 Å². The topological polar surface area (TPSA) is 80.0 Å². The van der Waals surface area contributed by atoms with E-state index >= 15 is 0 Å². The van der Waals surface area contributed by atoms with Crippen LogP contribution >= 0.6 is 23.8 Å². The van der Waals surface area contributed by atoms with Gasteiger partial charge in [-0.25, -0.2) is 4.98 Å². The molecule has 0 spiro atoms. The summed E-state index contributed by atoms with van der Waals surface area (Å²) < 4.78 is 5.81. The molecule has 0 unspecified atom stereocenters. The van der Waals surface area contributed by atoms with Crippen molar-refractivity contribution in [1.29, 1.82) is 0 Å². The van der Waals surface area contributed by atoms with E-state index in [1.165, 1.54) is 38.5 Å². The van der Waals surface area contributed by atoms with Crippen molar-refractivity contribution in [2.75, 3.05) is 5.32 Å². The number of nitrogens with one attached hydrogen (secondary N) is 2. The smallest absolute Gasteiger partial charge is 0.228 e. The van der Waals surface area contributed by atoms with Crippen LogP contribution in [0.15, 0.2) is 40.9 Å². The van der Waals surface area contributed by atoms with Gasteiger partial charge in [-0.05, 0) is 104 Å². The summed E-state index contributed by atoms with van der Waals surface area (Å²) in [7, 11) is 0. The van der Waals surface area contributed by atoms with Crippen LogP contribution in [-0.4, -0.2) is 21.0 Å². The Labute approximate surface area is 202 Å². The maximum Gasteiger partial charge on any atom is 0.228 e. The van der Waals surface area contributed by atoms with Gasteiger partial charge in [0.25, 0.3) is 0 Å². The Hall–Kier alpha value is -2.51. The summed E-state index contributed by atoms with van der Waals surface area (Å²) in [6.07, 6.45) is 9.92. The molecule has 4 aliphatic rings. The number of halogens is 1. The lowest BCUT2D eigenvalue weighted by molar-refractivity contribution is -0.127. The minimum atomic E-state index is -0.00764. The van der Waals surface area contributed by atoms with Crippen LogP contribution in [0.3, 0.4) is 0 Å². The Kier molecular flexibility index (Phi) is 5.14. The van der Waals surface area contributed by atoms with E-state index in [1.807, 2.05) is 18.2 Å². The van der Waals surface area contributed by atoms with Crippen LogP contribution in [0.25, 0.3) is 22.7 Å². The van der Waals surface area contributed by atoms with E-state index in [-0.39, 0.29) is 16.4 Å². The van der Waals surface area contributed by atoms with Gasteiger partial charge in [-0.15, -0.1) is 0 Å². The van der Waals surface area contributed by atoms with Gasteiger partial charge in [-0.1, -0.05) is 11.6 Å². The van der Waals surface area contributed by atoms with Gasteiger partial charge in [0, 0.05) is 18.2 Å². The molecule has 1 amide bonds. The molecule has 2 aromatic heterocycles. The lowest BCUT2D eigenvalue weighted by Crippen LogP contribution is -2.48. The van der Waals surface area contributed by atoms with Crippen LogP contribution < -0.4 is 10.6 Å². The number of hydrogen-bond donors (Lipinski definition) is 2. The highest BCUT2D eigenvalue weighted by molar-refractivity contribution is 7.80. The van der Waals surface area contributed by atoms with Crippen LogP contribution in [0, 0.1) is 23.2 Å². The molecule has 170 valence electrons. The number of rotatable bonds is 4. The molecule has 0 atom stereocenters. The quantitative estimate of drug-likeness (QED) is 0.448. The van der Waals surface area contributed by atoms with Gasteiger partial charge >= 0.3 is 0 Å². The highest BCUT2D eigenvalue weighted by Gasteiger charge is 2.51. The van der Waals surface area contributed by atoms with E-state index in [1.54, 1.807) is 18.3 Å². The average Bonchev–Trinajstić information content (AvgIpc) is 3.18. The predicted molar refractivity (Wildman–Crippen MR) is 132 cm³/mol. The van der Waals surface area contributed by atoms with Crippen LogP contribution in [0.2, 0.25) is 5.02 Å². The largest absolute Gasteiger partial charge is 0.434 e. The van der Waals surface area contributed by atoms with E-state index in [9.17, 15) is 4.79 Å². The number of aromatic nitrogens is 2. The van der Waals surface area contributed by atoms with Crippen molar-refractivity contribution in [2.45, 2.75) is 44.9 Å². The summed E-state index contributed by atoms with van der Waals surface area (Å²) in [6.45, 7) is 0. The molecule has 2 N–H and O–H groups in total. The number of benzene rings is 1. The molecular weight excluding hydrogens is 456 g/mol. The molecule has 4 aliphatic carbocycles. The first kappa shape index (κ1) is 21.1. The van der Waals surface area contributed by atoms with Crippen molar-refractivity contribution < 1.29 is 9.21 Å². The Morgan fingerprint density at radius 1 is 1.15 bits per heavy atom. The Balaban J connectivity index is 1.13. The molecule has 0 aliphatic heterocycles. The normalized spacial score (nSPS) is 27.6. The number of nitrogens with zero attached hydrogens (tertiary/aromatic N) is 2. The lowest BCUT2D eigenvalue weighted by atomic mass is 9.49. The fourth-order valence-corrected chi connectivity index (χ4v) is 7.21. The molecule has 33 heavy (non-hydrogen) atoms. The molecule has 8 heteroatoms. The molecule has 0 radical (unpaired) electrons. The number of oxazole rings is 1. The second-order valence-corrected chi connectivity index (χ2v) is 11.0. The van der Waals surface area contributed by atoms with Gasteiger partial charge in [-0.2, -0.15) is 4.98 Å². The fourth-order valence-electron chi connectivity index (χ4n) is 6.82. The summed E-state index contributed by atoms with van der Waals surface area (Å²) in [5, 5.41) is 6.70. The molecule has 2 heterocycles. The molecule has 6 nitrogen and oxygen atoms in total. The minimum absolute atomic E-state index is 0.00764. The van der Waals surface area contributed by atoms with Gasteiger partial charge < -0.3 is 15.1 Å². The third-order valence-corrected chi connectivity index (χ3v) is 8.11. The summed E-state index contributed by atoms with van der Waals surface area (Å²) in [5.74, 6) is 2.89. The van der Waals surface area contributed by atoms with Gasteiger partial charge in [0.15, 0.2) is 16.3 Å². The molecular formula is C25H25ClN4O2S. The molecule has 0 saturated heterocycles. The average molecular weight is 481 g/mol. The third kappa shape index (κ3) is 4.13. The summed E-state index contributed by atoms with van der Waals surface area (Å²) in [4.78, 5) is 21.5. The monoisotopic (exact) mass is 480 g/mol. The zero-order valence-electron chi connectivity index (χ0n) is 18.1. The first-order valence-corrected chi connectivity index (χ1v) is 12.4. The lowest BCUT2D eigenvalue weighted by Gasteiger charge is -2.56. The Morgan fingerprint density at radius 3 is 2.58 bits per heavy atom. The summed E-state index contributed by atoms with van der Waals surface area (Å²) >= 11 is 11.8. The molecule has 4 bridgehead atoms. The van der Waals surface area contributed by atoms with Crippen LogP contribution in [0.4, 0.5) is 5.69 Å². The maximum absolute atomic E-state index is 12.9. The third-order valence-electron chi connectivity index (χ3n) is 7.58. The zero-order valence-corrected chi connectivity index (χ0v) is 19.7. The summed E-state index contributed by atoms with van der Waals surface area (Å²) in [5.41, 5.74) is 2.66. The van der Waals surface area contributed by atoms with E-state index < -0.39 is 0 Å². The number of hydrogen-bond acceptors (Lipinski definition) is 5. The molecule has 1 aromatic carbocycles. The number of thiocarbonyl (C=S) groups is 1. The number of pyridine rings is 1. The minimum Gasteiger partial charge on any atom is -0.434 e. The first-order chi connectivity index (χ1) is 15.9. The van der Waals surface area contributed by atoms with Crippen molar-refractivity contribution in [3.63, 3.8) is 0 Å². The van der Waals surface area contributed by atoms with Crippen molar-refractivity contribution in [1.82, 2.24) is 15.3 Å². The second-order valence-electron chi connectivity index (χ2n) is 10.1. The van der Waals surface area contributed by atoms with Crippen molar-refractivity contribution >= 4 is 51.8 Å². The maximum atomic E-state index is 12.9. The van der Waals surface area contributed by atoms with Crippen LogP contribution in [0.1, 0.15) is 44.9 Å². The number of fused-ring (bicyclic) bond motifs is 1. The van der Waals surface area contributed by atoms with Crippen molar-refractivity contribution in [2.24, 2.45) is 23.2 Å². The van der Waals surface area contributed by atoms with Crippen LogP contribution in [-0.2, 0) is 4.79 Å². The SMILES string of the molecule is O=C(CC12CC3CC(CC(C3)C1)C2)NC(=S)Nc1cc(-c2nc3ncccc3o2)ccc1Cl. The Bertz CT molecular complexity index is 1190. The van der Waals surface area contributed by atoms with Gasteiger partial charge in [0.05, 0.1) is 10.7 Å². The number of anilines is 1. The highest BCUT2D eigenvalue weighted by Crippen LogP contribution is 2.61. The van der Waals surface area contributed by atoms with E-state index in [0.29, 0.717) is 34.3 Å².